The van der Waals surface area contributed by atoms with Crippen molar-refractivity contribution >= 4 is 29.1 Å². The standard InChI is InChI=1S/C35H52N4O9S/c1-7-10-44-11-12-45-13-14-46-15-16-47-17-18-48-30-19-26(31-24(2)37-23-49-31)8-9-27(30)21-36-33(42)29-20-28(41)22-39(29)34(43)32(35(4,5)6)38-25(3)40/h7-9,19,23,28-29,32,41H,1,10-18,20-22H2,2-6H3,(H,36,42)(H,38,40). The first kappa shape index (κ1) is 40.0. The molecule has 0 spiro atoms. The van der Waals surface area contributed by atoms with E-state index >= 15 is 0 Å². The van der Waals surface area contributed by atoms with Crippen LogP contribution in [0.1, 0.15) is 45.4 Å². The molecule has 0 bridgehead atoms. The normalized spacial score (nSPS) is 16.7. The fourth-order valence-corrected chi connectivity index (χ4v) is 6.02. The Labute approximate surface area is 293 Å². The summed E-state index contributed by atoms with van der Waals surface area (Å²) < 4.78 is 28.0. The van der Waals surface area contributed by atoms with Crippen molar-refractivity contribution in [2.24, 2.45) is 5.41 Å². The molecule has 3 atom stereocenters. The van der Waals surface area contributed by atoms with E-state index in [4.69, 9.17) is 23.7 Å². The Hall–Kier alpha value is -3.40. The molecule has 1 saturated heterocycles. The molecule has 1 aliphatic heterocycles. The summed E-state index contributed by atoms with van der Waals surface area (Å²) in [6, 6.07) is 4.03. The molecule has 2 heterocycles. The van der Waals surface area contributed by atoms with Crippen molar-refractivity contribution in [1.29, 1.82) is 0 Å². The molecule has 0 radical (unpaired) electrons. The number of carbonyl (C=O) groups excluding carboxylic acids is 3. The Balaban J connectivity index is 1.56. The molecule has 3 N–H and O–H groups in total. The van der Waals surface area contributed by atoms with Gasteiger partial charge in [0, 0.05) is 32.0 Å². The highest BCUT2D eigenvalue weighted by atomic mass is 32.1. The Morgan fingerprint density at radius 2 is 1.69 bits per heavy atom. The number of β-amino-alcohol motifs (C(OH)–C–C–N with tert-alkyl or cyclic N) is 1. The first-order valence-corrected chi connectivity index (χ1v) is 17.4. The van der Waals surface area contributed by atoms with Gasteiger partial charge in [0.2, 0.25) is 17.7 Å². The van der Waals surface area contributed by atoms with Gasteiger partial charge in [-0.25, -0.2) is 4.98 Å². The second-order valence-electron chi connectivity index (χ2n) is 12.8. The van der Waals surface area contributed by atoms with Crippen LogP contribution in [0.15, 0.2) is 36.4 Å². The van der Waals surface area contributed by atoms with Crippen LogP contribution in [0.3, 0.4) is 0 Å². The number of carbonyl (C=O) groups is 3. The Kier molecular flexibility index (Phi) is 16.6. The zero-order chi connectivity index (χ0) is 35.8. The van der Waals surface area contributed by atoms with E-state index in [2.05, 4.69) is 22.2 Å². The summed E-state index contributed by atoms with van der Waals surface area (Å²) in [6.45, 7) is 16.4. The van der Waals surface area contributed by atoms with Crippen LogP contribution in [-0.4, -0.2) is 117 Å². The van der Waals surface area contributed by atoms with Crippen molar-refractivity contribution in [2.45, 2.75) is 65.8 Å². The van der Waals surface area contributed by atoms with E-state index in [1.807, 2.05) is 45.9 Å². The van der Waals surface area contributed by atoms with Gasteiger partial charge in [-0.2, -0.15) is 0 Å². The molecule has 1 fully saturated rings. The van der Waals surface area contributed by atoms with E-state index in [-0.39, 0.29) is 32.0 Å². The van der Waals surface area contributed by atoms with Gasteiger partial charge in [-0.1, -0.05) is 39.0 Å². The molecule has 3 rings (SSSR count). The van der Waals surface area contributed by atoms with E-state index in [1.54, 1.807) is 11.6 Å². The lowest BCUT2D eigenvalue weighted by molar-refractivity contribution is -0.143. The van der Waals surface area contributed by atoms with Crippen LogP contribution < -0.4 is 15.4 Å². The molecule has 0 saturated carbocycles. The fraction of sp³-hybridized carbons (Fsp3) is 0.600. The number of nitrogens with one attached hydrogen (secondary N) is 2. The predicted octanol–water partition coefficient (Wildman–Crippen LogP) is 2.88. The largest absolute Gasteiger partial charge is 0.491 e. The van der Waals surface area contributed by atoms with E-state index in [1.165, 1.54) is 23.2 Å². The minimum atomic E-state index is -0.886. The number of nitrogens with zero attached hydrogens (tertiary/aromatic N) is 2. The summed E-state index contributed by atoms with van der Waals surface area (Å²) in [4.78, 5) is 45.7. The van der Waals surface area contributed by atoms with Crippen LogP contribution >= 0.6 is 11.3 Å². The Bertz CT molecular complexity index is 1360. The monoisotopic (exact) mass is 704 g/mol. The first-order valence-electron chi connectivity index (χ1n) is 16.5. The molecular formula is C35H52N4O9S. The van der Waals surface area contributed by atoms with Crippen molar-refractivity contribution in [1.82, 2.24) is 20.5 Å². The van der Waals surface area contributed by atoms with Gasteiger partial charge in [0.15, 0.2) is 0 Å². The van der Waals surface area contributed by atoms with Crippen molar-refractivity contribution in [3.8, 4) is 16.2 Å². The number of amides is 3. The summed E-state index contributed by atoms with van der Waals surface area (Å²) in [5.41, 5.74) is 3.77. The van der Waals surface area contributed by atoms with Crippen LogP contribution in [0.25, 0.3) is 10.4 Å². The Morgan fingerprint density at radius 1 is 1.06 bits per heavy atom. The lowest BCUT2D eigenvalue weighted by Crippen LogP contribution is -2.57. The van der Waals surface area contributed by atoms with Crippen LogP contribution in [-0.2, 0) is 39.9 Å². The minimum Gasteiger partial charge on any atom is -0.491 e. The number of ether oxygens (including phenoxy) is 5. The average molecular weight is 705 g/mol. The van der Waals surface area contributed by atoms with Gasteiger partial charge in [-0.05, 0) is 24.0 Å². The van der Waals surface area contributed by atoms with Crippen molar-refractivity contribution in [3.05, 3.63) is 47.6 Å². The number of rotatable bonds is 21. The highest BCUT2D eigenvalue weighted by molar-refractivity contribution is 7.13. The molecule has 3 unspecified atom stereocenters. The Morgan fingerprint density at radius 3 is 2.27 bits per heavy atom. The molecule has 13 nitrogen and oxygen atoms in total. The number of aryl methyl sites for hydroxylation is 1. The van der Waals surface area contributed by atoms with E-state index < -0.39 is 35.4 Å². The first-order chi connectivity index (χ1) is 23.4. The number of aliphatic hydroxyl groups excluding tert-OH is 1. The van der Waals surface area contributed by atoms with Crippen molar-refractivity contribution in [2.75, 3.05) is 66.0 Å². The van der Waals surface area contributed by atoms with Gasteiger partial charge < -0.3 is 44.3 Å². The van der Waals surface area contributed by atoms with Gasteiger partial charge in [-0.3, -0.25) is 14.4 Å². The van der Waals surface area contributed by atoms with Gasteiger partial charge in [0.1, 0.15) is 24.4 Å². The van der Waals surface area contributed by atoms with Crippen LogP contribution in [0.4, 0.5) is 0 Å². The van der Waals surface area contributed by atoms with Crippen LogP contribution in [0.2, 0.25) is 0 Å². The van der Waals surface area contributed by atoms with Crippen LogP contribution in [0, 0.1) is 12.3 Å². The number of hydrogen-bond acceptors (Lipinski definition) is 11. The number of benzene rings is 1. The lowest BCUT2D eigenvalue weighted by Gasteiger charge is -2.35. The summed E-state index contributed by atoms with van der Waals surface area (Å²) >= 11 is 1.53. The second-order valence-corrected chi connectivity index (χ2v) is 13.6. The SMILES string of the molecule is C=CCOCCOCCOCCOCCOc1cc(-c2scnc2C)ccc1CNC(=O)C1CC(O)CN1C(=O)C(NC(C)=O)C(C)(C)C. The smallest absolute Gasteiger partial charge is 0.246 e. The maximum atomic E-state index is 13.6. The van der Waals surface area contributed by atoms with E-state index in [9.17, 15) is 19.5 Å². The van der Waals surface area contributed by atoms with Crippen molar-refractivity contribution < 1.29 is 43.2 Å². The summed E-state index contributed by atoms with van der Waals surface area (Å²) in [6.07, 6.45) is 0.934. The predicted molar refractivity (Wildman–Crippen MR) is 186 cm³/mol. The number of aromatic nitrogens is 1. The van der Waals surface area contributed by atoms with Crippen molar-refractivity contribution in [3.63, 3.8) is 0 Å². The van der Waals surface area contributed by atoms with Gasteiger partial charge >= 0.3 is 0 Å². The molecule has 1 aliphatic rings. The van der Waals surface area contributed by atoms with Gasteiger partial charge in [0.25, 0.3) is 0 Å². The second kappa shape index (κ2) is 20.3. The number of likely N-dealkylation sites (tertiary alicyclic amines) is 1. The lowest BCUT2D eigenvalue weighted by atomic mass is 9.85. The molecular weight excluding hydrogens is 652 g/mol. The average Bonchev–Trinajstić information content (AvgIpc) is 3.67. The fourth-order valence-electron chi connectivity index (χ4n) is 5.22. The molecule has 1 aromatic carbocycles. The van der Waals surface area contributed by atoms with E-state index in [0.29, 0.717) is 58.6 Å². The summed E-state index contributed by atoms with van der Waals surface area (Å²) in [7, 11) is 0. The molecule has 3 amide bonds. The van der Waals surface area contributed by atoms with Gasteiger partial charge in [0.05, 0.1) is 75.0 Å². The summed E-state index contributed by atoms with van der Waals surface area (Å²) in [5.74, 6) is -0.572. The van der Waals surface area contributed by atoms with E-state index in [0.717, 1.165) is 21.7 Å². The molecule has 2 aromatic rings. The molecule has 1 aromatic heterocycles. The third kappa shape index (κ3) is 13.1. The minimum absolute atomic E-state index is 0.00497. The number of thiazole rings is 1. The van der Waals surface area contributed by atoms with Gasteiger partial charge in [-0.15, -0.1) is 17.9 Å². The zero-order valence-corrected chi connectivity index (χ0v) is 30.1. The zero-order valence-electron chi connectivity index (χ0n) is 29.3. The molecule has 272 valence electrons. The highest BCUT2D eigenvalue weighted by Gasteiger charge is 2.44. The third-order valence-corrected chi connectivity index (χ3v) is 8.67. The summed E-state index contributed by atoms with van der Waals surface area (Å²) in [5, 5.41) is 16.1. The van der Waals surface area contributed by atoms with Crippen LogP contribution in [0.5, 0.6) is 5.75 Å². The maximum absolute atomic E-state index is 13.6. The quantitative estimate of drug-likeness (QED) is 0.130. The number of aliphatic hydroxyl groups is 1. The number of hydrogen-bond donors (Lipinski definition) is 3. The molecule has 14 heteroatoms. The molecule has 49 heavy (non-hydrogen) atoms. The third-order valence-electron chi connectivity index (χ3n) is 7.69. The highest BCUT2D eigenvalue weighted by Crippen LogP contribution is 2.32. The maximum Gasteiger partial charge on any atom is 0.246 e. The topological polar surface area (TPSA) is 158 Å². The molecule has 0 aliphatic carbocycles.